The fourth-order valence-corrected chi connectivity index (χ4v) is 5.23. The highest BCUT2D eigenvalue weighted by molar-refractivity contribution is 7.99. The topological polar surface area (TPSA) is 119 Å². The maximum Gasteiger partial charge on any atom is 0.345 e. The third-order valence-corrected chi connectivity index (χ3v) is 6.94. The summed E-state index contributed by atoms with van der Waals surface area (Å²) in [6, 6.07) is 11.4. The van der Waals surface area contributed by atoms with Crippen LogP contribution in [0, 0.1) is 0 Å². The van der Waals surface area contributed by atoms with Crippen LogP contribution in [0.2, 0.25) is 0 Å². The first-order chi connectivity index (χ1) is 16.7. The van der Waals surface area contributed by atoms with Gasteiger partial charge in [-0.25, -0.2) is 9.78 Å². The van der Waals surface area contributed by atoms with Gasteiger partial charge in [0.05, 0.1) is 30.2 Å². The summed E-state index contributed by atoms with van der Waals surface area (Å²) in [6.07, 6.45) is 7.21. The highest BCUT2D eigenvalue weighted by Gasteiger charge is 2.27. The Morgan fingerprint density at radius 2 is 2.03 bits per heavy atom. The number of carbonyl (C=O) groups is 1. The fourth-order valence-electron chi connectivity index (χ4n) is 4.35. The lowest BCUT2D eigenvalue weighted by Gasteiger charge is -2.25. The van der Waals surface area contributed by atoms with Crippen LogP contribution in [0.25, 0.3) is 28.2 Å². The van der Waals surface area contributed by atoms with Crippen molar-refractivity contribution in [2.45, 2.75) is 43.3 Å². The van der Waals surface area contributed by atoms with Crippen molar-refractivity contribution in [1.29, 1.82) is 0 Å². The summed E-state index contributed by atoms with van der Waals surface area (Å²) in [4.78, 5) is 20.1. The molecule has 2 N–H and O–H groups in total. The normalized spacial score (nSPS) is 15.4. The van der Waals surface area contributed by atoms with Gasteiger partial charge >= 0.3 is 5.97 Å². The Balaban J connectivity index is 1.47. The molecule has 1 aliphatic carbocycles. The Morgan fingerprint density at radius 1 is 1.21 bits per heavy atom. The number of para-hydroxylation sites is 2. The number of aliphatic hydroxyl groups excluding tert-OH is 1. The van der Waals surface area contributed by atoms with Crippen LogP contribution in [-0.2, 0) is 9.53 Å². The molecule has 9 nitrogen and oxygen atoms in total. The van der Waals surface area contributed by atoms with Crippen LogP contribution >= 0.6 is 11.8 Å². The first-order valence-electron chi connectivity index (χ1n) is 11.2. The first kappa shape index (κ1) is 22.3. The molecule has 4 aromatic rings. The lowest BCUT2D eigenvalue weighted by molar-refractivity contribution is -0.133. The van der Waals surface area contributed by atoms with Gasteiger partial charge in [0.25, 0.3) is 0 Å². The number of hydrogen-bond donors (Lipinski definition) is 2. The summed E-state index contributed by atoms with van der Waals surface area (Å²) in [5.74, 6) is 0.882. The zero-order chi connectivity index (χ0) is 23.5. The van der Waals surface area contributed by atoms with E-state index in [1.807, 2.05) is 36.4 Å². The molecule has 0 spiro atoms. The lowest BCUT2D eigenvalue weighted by atomic mass is 9.95. The maximum absolute atomic E-state index is 12.6. The molecule has 10 heteroatoms. The van der Waals surface area contributed by atoms with Gasteiger partial charge in [0.15, 0.2) is 10.9 Å². The number of ether oxygens (including phenoxy) is 1. The molecule has 0 atom stereocenters. The number of esters is 1. The van der Waals surface area contributed by atoms with Crippen molar-refractivity contribution in [2.24, 2.45) is 0 Å². The number of imidazole rings is 1. The standard InChI is InChI=1S/C24H25N5O4S/c1-32-23(31)20(21-25-16-10-5-6-11-17(16)26-21)18(30)14-34-24-28-27-22(19-12-7-13-33-19)29(24)15-8-3-2-4-9-15/h5-7,10-13,15,30H,2-4,8-9,14H2,1H3,(H,25,26)/b20-18+. The SMILES string of the molecule is COC(=O)/C(=C(/O)CSc1nnc(-c2ccco2)n1C1CCCCC1)c1nc2ccccc2[nH]1. The molecule has 3 heterocycles. The number of thioether (sulfide) groups is 1. The molecule has 1 fully saturated rings. The van der Waals surface area contributed by atoms with Gasteiger partial charge in [0.2, 0.25) is 5.82 Å². The number of methoxy groups -OCH3 is 1. The number of carbonyl (C=O) groups excluding carboxylic acids is 1. The lowest BCUT2D eigenvalue weighted by Crippen LogP contribution is -2.15. The van der Waals surface area contributed by atoms with Crippen LogP contribution < -0.4 is 0 Å². The van der Waals surface area contributed by atoms with Crippen LogP contribution in [0.4, 0.5) is 0 Å². The monoisotopic (exact) mass is 479 g/mol. The van der Waals surface area contributed by atoms with Gasteiger partial charge < -0.3 is 19.2 Å². The molecule has 0 bridgehead atoms. The van der Waals surface area contributed by atoms with Crippen molar-refractivity contribution in [1.82, 2.24) is 24.7 Å². The Bertz CT molecular complexity index is 1290. The van der Waals surface area contributed by atoms with Crippen LogP contribution in [0.3, 0.4) is 0 Å². The van der Waals surface area contributed by atoms with Crippen molar-refractivity contribution < 1.29 is 19.1 Å². The number of H-pyrrole nitrogens is 1. The quantitative estimate of drug-likeness (QED) is 0.162. The largest absolute Gasteiger partial charge is 0.510 e. The number of benzene rings is 1. The van der Waals surface area contributed by atoms with E-state index >= 15 is 0 Å². The van der Waals surface area contributed by atoms with E-state index in [0.29, 0.717) is 22.3 Å². The molecule has 1 saturated carbocycles. The molecular weight excluding hydrogens is 454 g/mol. The number of aliphatic hydroxyl groups is 1. The average Bonchev–Trinajstić information content (AvgIpc) is 3.62. The van der Waals surface area contributed by atoms with E-state index in [9.17, 15) is 9.90 Å². The fraction of sp³-hybridized carbons (Fsp3) is 0.333. The summed E-state index contributed by atoms with van der Waals surface area (Å²) in [6.45, 7) is 0. The smallest absolute Gasteiger partial charge is 0.345 e. The third-order valence-electron chi connectivity index (χ3n) is 5.99. The van der Waals surface area contributed by atoms with Gasteiger partial charge in [-0.05, 0) is 37.1 Å². The third kappa shape index (κ3) is 4.33. The molecule has 176 valence electrons. The van der Waals surface area contributed by atoms with E-state index in [1.54, 1.807) is 6.26 Å². The molecule has 34 heavy (non-hydrogen) atoms. The Labute approximate surface area is 200 Å². The van der Waals surface area contributed by atoms with Gasteiger partial charge in [-0.15, -0.1) is 10.2 Å². The van der Waals surface area contributed by atoms with Crippen LogP contribution in [0.1, 0.15) is 44.0 Å². The number of furan rings is 1. The highest BCUT2D eigenvalue weighted by atomic mass is 32.2. The van der Waals surface area contributed by atoms with E-state index in [2.05, 4.69) is 24.7 Å². The average molecular weight is 480 g/mol. The summed E-state index contributed by atoms with van der Waals surface area (Å²) >= 11 is 1.32. The number of fused-ring (bicyclic) bond motifs is 1. The zero-order valence-electron chi connectivity index (χ0n) is 18.7. The van der Waals surface area contributed by atoms with E-state index in [0.717, 1.165) is 31.2 Å². The number of hydrogen-bond acceptors (Lipinski definition) is 8. The molecule has 1 aliphatic rings. The molecule has 0 aliphatic heterocycles. The molecule has 1 aromatic carbocycles. The highest BCUT2D eigenvalue weighted by Crippen LogP contribution is 2.36. The maximum atomic E-state index is 12.6. The van der Waals surface area contributed by atoms with E-state index < -0.39 is 5.97 Å². The number of rotatable bonds is 7. The minimum absolute atomic E-state index is 0.00110. The van der Waals surface area contributed by atoms with Gasteiger partial charge in [0.1, 0.15) is 17.2 Å². The van der Waals surface area contributed by atoms with E-state index in [4.69, 9.17) is 9.15 Å². The van der Waals surface area contributed by atoms with Gasteiger partial charge in [-0.3, -0.25) is 4.57 Å². The Kier molecular flexibility index (Phi) is 6.39. The van der Waals surface area contributed by atoms with Crippen LogP contribution in [0.5, 0.6) is 0 Å². The molecular formula is C24H25N5O4S. The number of aromatic amines is 1. The summed E-state index contributed by atoms with van der Waals surface area (Å²) in [5.41, 5.74) is 1.46. The first-order valence-corrected chi connectivity index (χ1v) is 12.2. The van der Waals surface area contributed by atoms with Crippen molar-refractivity contribution in [2.75, 3.05) is 12.9 Å². The molecule has 0 radical (unpaired) electrons. The Hall–Kier alpha value is -3.53. The van der Waals surface area contributed by atoms with Crippen LogP contribution in [-0.4, -0.2) is 48.7 Å². The molecule has 0 unspecified atom stereocenters. The number of nitrogens with zero attached hydrogens (tertiary/aromatic N) is 4. The minimum Gasteiger partial charge on any atom is -0.510 e. The molecule has 5 rings (SSSR count). The second kappa shape index (κ2) is 9.76. The van der Waals surface area contributed by atoms with Crippen molar-refractivity contribution in [3.05, 3.63) is 54.2 Å². The second-order valence-corrected chi connectivity index (χ2v) is 9.09. The number of aromatic nitrogens is 5. The summed E-state index contributed by atoms with van der Waals surface area (Å²) in [7, 11) is 1.28. The van der Waals surface area contributed by atoms with Crippen molar-refractivity contribution in [3.8, 4) is 11.6 Å². The van der Waals surface area contributed by atoms with Crippen molar-refractivity contribution >= 4 is 34.3 Å². The molecule has 0 amide bonds. The zero-order valence-corrected chi connectivity index (χ0v) is 19.5. The molecule has 0 saturated heterocycles. The summed E-state index contributed by atoms with van der Waals surface area (Å²) in [5, 5.41) is 20.4. The summed E-state index contributed by atoms with van der Waals surface area (Å²) < 4.78 is 12.6. The minimum atomic E-state index is -0.665. The van der Waals surface area contributed by atoms with Gasteiger partial charge in [0, 0.05) is 6.04 Å². The van der Waals surface area contributed by atoms with Crippen molar-refractivity contribution in [3.63, 3.8) is 0 Å². The number of nitrogens with one attached hydrogen (secondary N) is 1. The van der Waals surface area contributed by atoms with Crippen LogP contribution in [0.15, 0.2) is 58.0 Å². The second-order valence-electron chi connectivity index (χ2n) is 8.15. The molecule has 3 aromatic heterocycles. The predicted molar refractivity (Wildman–Crippen MR) is 128 cm³/mol. The van der Waals surface area contributed by atoms with E-state index in [1.165, 1.54) is 25.3 Å². The van der Waals surface area contributed by atoms with Gasteiger partial charge in [-0.2, -0.15) is 0 Å². The predicted octanol–water partition coefficient (Wildman–Crippen LogP) is 5.15. The van der Waals surface area contributed by atoms with Gasteiger partial charge in [-0.1, -0.05) is 43.2 Å². The Morgan fingerprint density at radius 3 is 2.76 bits per heavy atom. The van der Waals surface area contributed by atoms with E-state index in [-0.39, 0.29) is 29.0 Å².